The lowest BCUT2D eigenvalue weighted by molar-refractivity contribution is 0.0715. The van der Waals surface area contributed by atoms with Gasteiger partial charge in [0.1, 0.15) is 68.6 Å². The summed E-state index contributed by atoms with van der Waals surface area (Å²) in [6, 6.07) is 37.0. The maximum atomic E-state index is 13.7. The van der Waals surface area contributed by atoms with Gasteiger partial charge < -0.3 is 47.4 Å². The predicted molar refractivity (Wildman–Crippen MR) is 345 cm³/mol. The predicted octanol–water partition coefficient (Wildman–Crippen LogP) is 19.0. The number of benzene rings is 6. The second-order valence-corrected chi connectivity index (χ2v) is 22.0. The van der Waals surface area contributed by atoms with Gasteiger partial charge in [-0.25, -0.2) is 19.2 Å². The highest BCUT2D eigenvalue weighted by Crippen LogP contribution is 2.29. The molecule has 0 radical (unpaired) electrons. The van der Waals surface area contributed by atoms with Crippen LogP contribution in [-0.4, -0.2) is 63.5 Å². The number of unbranched alkanes of at least 4 members (excludes halogenated alkanes) is 19. The van der Waals surface area contributed by atoms with Crippen LogP contribution in [0.15, 0.2) is 133 Å². The summed E-state index contributed by atoms with van der Waals surface area (Å²) < 4.78 is 59.0. The minimum Gasteiger partial charge on any atom is -0.494 e. The van der Waals surface area contributed by atoms with Crippen LogP contribution in [0.2, 0.25) is 0 Å². The van der Waals surface area contributed by atoms with Gasteiger partial charge in [0.2, 0.25) is 0 Å². The third-order valence-corrected chi connectivity index (χ3v) is 14.6. The summed E-state index contributed by atoms with van der Waals surface area (Å²) in [7, 11) is 0. The summed E-state index contributed by atoms with van der Waals surface area (Å²) in [6.45, 7) is 11.8. The Morgan fingerprint density at radius 3 is 0.716 bits per heavy atom. The van der Waals surface area contributed by atoms with Crippen molar-refractivity contribution in [3.05, 3.63) is 156 Å². The van der Waals surface area contributed by atoms with Gasteiger partial charge in [-0.2, -0.15) is 0 Å². The monoisotopic (exact) mass is 1210 g/mol. The smallest absolute Gasteiger partial charge is 0.347 e. The van der Waals surface area contributed by atoms with Gasteiger partial charge in [0.05, 0.1) is 50.8 Å². The van der Waals surface area contributed by atoms with Crippen LogP contribution >= 0.6 is 0 Å². The van der Waals surface area contributed by atoms with Crippen LogP contribution < -0.4 is 47.4 Å². The Hall–Kier alpha value is -8.00. The second kappa shape index (κ2) is 41.2. The lowest BCUT2D eigenvalue weighted by atomic mass is 10.1. The molecule has 6 aromatic carbocycles. The Bertz CT molecular complexity index is 2740. The molecule has 0 atom stereocenters. The molecular weight excluding hydrogens is 1110 g/mol. The summed E-state index contributed by atoms with van der Waals surface area (Å²) >= 11 is 0. The molecule has 0 spiro atoms. The van der Waals surface area contributed by atoms with E-state index < -0.39 is 23.9 Å². The van der Waals surface area contributed by atoms with Crippen LogP contribution in [0.5, 0.6) is 57.5 Å². The molecule has 0 aliphatic rings. The second-order valence-electron chi connectivity index (χ2n) is 22.0. The molecule has 6 rings (SSSR count). The van der Waals surface area contributed by atoms with Crippen molar-refractivity contribution in [1.82, 2.24) is 0 Å². The van der Waals surface area contributed by atoms with Gasteiger partial charge in [-0.15, -0.1) is 0 Å². The zero-order valence-electron chi connectivity index (χ0n) is 52.6. The van der Waals surface area contributed by atoms with E-state index in [2.05, 4.69) is 27.7 Å². The summed E-state index contributed by atoms with van der Waals surface area (Å²) in [4.78, 5) is 54.3. The van der Waals surface area contributed by atoms with E-state index in [1.165, 1.54) is 62.1 Å². The Balaban J connectivity index is 0.982. The molecule has 88 heavy (non-hydrogen) atoms. The minimum absolute atomic E-state index is 0.180. The van der Waals surface area contributed by atoms with E-state index >= 15 is 0 Å². The molecule has 0 aliphatic carbocycles. The molecule has 474 valence electrons. The van der Waals surface area contributed by atoms with E-state index in [0.29, 0.717) is 85.6 Å². The molecule has 0 bridgehead atoms. The first-order valence-electron chi connectivity index (χ1n) is 32.5. The summed E-state index contributed by atoms with van der Waals surface area (Å²) in [6.07, 6.45) is 24.9. The van der Waals surface area contributed by atoms with Crippen LogP contribution in [0.1, 0.15) is 223 Å². The average Bonchev–Trinajstić information content (AvgIpc) is 2.51. The molecule has 14 heteroatoms. The van der Waals surface area contributed by atoms with E-state index in [0.717, 1.165) is 128 Å². The summed E-state index contributed by atoms with van der Waals surface area (Å²) in [5.74, 6) is 2.24. The number of esters is 4. The first kappa shape index (κ1) is 69.1. The third kappa shape index (κ3) is 26.1. The zero-order valence-corrected chi connectivity index (χ0v) is 52.6. The fourth-order valence-electron chi connectivity index (χ4n) is 9.45. The summed E-state index contributed by atoms with van der Waals surface area (Å²) in [5, 5.41) is 0. The van der Waals surface area contributed by atoms with Crippen molar-refractivity contribution in [2.24, 2.45) is 0 Å². The Kier molecular flexibility index (Phi) is 32.4. The number of hydrogen-bond acceptors (Lipinski definition) is 14. The Morgan fingerprint density at radius 1 is 0.239 bits per heavy atom. The van der Waals surface area contributed by atoms with Crippen LogP contribution in [0.25, 0.3) is 0 Å². The number of carbonyl (C=O) groups is 4. The fourth-order valence-corrected chi connectivity index (χ4v) is 9.45. The standard InChI is InChI=1S/C74H94O14/c1-5-9-13-23-49-79-59-31-39-63(40-32-59)85-71(75)57-29-47-67(73(77)87-65-43-35-61(36-44-65)81-51-25-15-11-7-3)69(55-57)83-53-27-21-19-17-18-20-22-28-54-84-70-56-58(72(76)86-64-41-33-60(34-42-64)80-50-24-14-10-6-2)30-48-68(70)74(78)88-66-45-37-62(38-46-66)82-52-26-16-12-8-4/h29-48,55-56H,5-28,49-54H2,1-4H3. The zero-order chi connectivity index (χ0) is 62.2. The van der Waals surface area contributed by atoms with Crippen LogP contribution in [0.4, 0.5) is 0 Å². The fraction of sp³-hybridized carbons (Fsp3) is 0.459. The molecule has 0 saturated carbocycles. The summed E-state index contributed by atoms with van der Waals surface area (Å²) in [5.41, 5.74) is 0.802. The SMILES string of the molecule is CCCCCCOc1ccc(OC(=O)c2ccc(C(=O)Oc3ccc(OCCCCCC)cc3)c(OCCCCCCCCCCOc3cc(C(=O)Oc4ccc(OCCCCCC)cc4)ccc3C(=O)Oc3ccc(OCCCCCC)cc3)c2)cc1. The molecule has 0 fully saturated rings. The third-order valence-electron chi connectivity index (χ3n) is 14.6. The highest BCUT2D eigenvalue weighted by Gasteiger charge is 2.22. The molecule has 0 N–H and O–H groups in total. The largest absolute Gasteiger partial charge is 0.494 e. The molecule has 0 saturated heterocycles. The van der Waals surface area contributed by atoms with Gasteiger partial charge in [0.15, 0.2) is 0 Å². The Morgan fingerprint density at radius 2 is 0.455 bits per heavy atom. The van der Waals surface area contributed by atoms with Gasteiger partial charge in [-0.1, -0.05) is 143 Å². The normalized spacial score (nSPS) is 10.9. The van der Waals surface area contributed by atoms with Crippen molar-refractivity contribution >= 4 is 23.9 Å². The molecule has 0 heterocycles. The van der Waals surface area contributed by atoms with Gasteiger partial charge in [-0.3, -0.25) is 0 Å². The van der Waals surface area contributed by atoms with Gasteiger partial charge in [0.25, 0.3) is 0 Å². The topological polar surface area (TPSA) is 161 Å². The van der Waals surface area contributed by atoms with Gasteiger partial charge in [0, 0.05) is 0 Å². The first-order chi connectivity index (χ1) is 43.2. The number of carbonyl (C=O) groups excluding carboxylic acids is 4. The molecule has 0 aromatic heterocycles. The highest BCUT2D eigenvalue weighted by molar-refractivity contribution is 5.98. The van der Waals surface area contributed by atoms with E-state index in [9.17, 15) is 19.2 Å². The first-order valence-corrected chi connectivity index (χ1v) is 32.5. The maximum absolute atomic E-state index is 13.7. The molecule has 6 aromatic rings. The van der Waals surface area contributed by atoms with Crippen LogP contribution in [0, 0.1) is 0 Å². The number of hydrogen-bond donors (Lipinski definition) is 0. The van der Waals surface area contributed by atoms with Crippen molar-refractivity contribution in [1.29, 1.82) is 0 Å². The number of ether oxygens (including phenoxy) is 10. The van der Waals surface area contributed by atoms with E-state index in [-0.39, 0.29) is 33.8 Å². The van der Waals surface area contributed by atoms with Crippen molar-refractivity contribution in [2.75, 3.05) is 39.6 Å². The average molecular weight is 1210 g/mol. The van der Waals surface area contributed by atoms with Crippen molar-refractivity contribution in [3.63, 3.8) is 0 Å². The van der Waals surface area contributed by atoms with E-state index in [1.54, 1.807) is 97.1 Å². The minimum atomic E-state index is -0.622. The van der Waals surface area contributed by atoms with Crippen molar-refractivity contribution in [3.8, 4) is 57.5 Å². The quantitative estimate of drug-likeness (QED) is 0.0202. The molecule has 0 unspecified atom stereocenters. The lowest BCUT2D eigenvalue weighted by Crippen LogP contribution is -2.14. The van der Waals surface area contributed by atoms with Gasteiger partial charge in [-0.05, 0) is 172 Å². The molecule has 14 nitrogen and oxygen atoms in total. The van der Waals surface area contributed by atoms with Gasteiger partial charge >= 0.3 is 23.9 Å². The van der Waals surface area contributed by atoms with E-state index in [4.69, 9.17) is 47.4 Å². The lowest BCUT2D eigenvalue weighted by Gasteiger charge is -2.14. The van der Waals surface area contributed by atoms with Crippen LogP contribution in [-0.2, 0) is 0 Å². The Labute approximate surface area is 522 Å². The molecule has 0 amide bonds. The molecular formula is C74H94O14. The highest BCUT2D eigenvalue weighted by atomic mass is 16.6. The van der Waals surface area contributed by atoms with Crippen LogP contribution in [0.3, 0.4) is 0 Å². The molecule has 0 aliphatic heterocycles. The maximum Gasteiger partial charge on any atom is 0.347 e. The van der Waals surface area contributed by atoms with Crippen molar-refractivity contribution < 1.29 is 66.5 Å². The van der Waals surface area contributed by atoms with Crippen molar-refractivity contribution in [2.45, 2.75) is 182 Å². The number of rotatable bonds is 45. The van der Waals surface area contributed by atoms with E-state index in [1.807, 2.05) is 0 Å².